The number of fused-ring (bicyclic) bond motifs is 2. The summed E-state index contributed by atoms with van der Waals surface area (Å²) in [5.41, 5.74) is 10.1. The molecule has 3 heterocycles. The topological polar surface area (TPSA) is 122 Å². The van der Waals surface area contributed by atoms with Gasteiger partial charge in [-0.25, -0.2) is 9.97 Å². The number of hydrogen-bond acceptors (Lipinski definition) is 7. The molecular weight excluding hydrogens is 510 g/mol. The van der Waals surface area contributed by atoms with Crippen molar-refractivity contribution in [2.24, 2.45) is 12.8 Å². The lowest BCUT2D eigenvalue weighted by Crippen LogP contribution is -2.49. The Morgan fingerprint density at radius 1 is 1.23 bits per heavy atom. The highest BCUT2D eigenvalue weighted by molar-refractivity contribution is 6.76. The zero-order valence-electron chi connectivity index (χ0n) is 23.5. The van der Waals surface area contributed by atoms with E-state index >= 15 is 0 Å². The van der Waals surface area contributed by atoms with E-state index in [-0.39, 0.29) is 18.0 Å². The number of carbonyl (C=O) groups excluding carboxylic acids is 1. The molecule has 2 atom stereocenters. The number of carbonyl (C=O) groups is 1. The molecule has 208 valence electrons. The van der Waals surface area contributed by atoms with Crippen LogP contribution in [0.1, 0.15) is 36.0 Å². The van der Waals surface area contributed by atoms with Crippen LogP contribution >= 0.6 is 0 Å². The van der Waals surface area contributed by atoms with E-state index in [1.165, 1.54) is 0 Å². The van der Waals surface area contributed by atoms with Gasteiger partial charge in [0, 0.05) is 45.4 Å². The quantitative estimate of drug-likeness (QED) is 0.236. The fraction of sp³-hybridized carbons (Fsp3) is 0.500. The van der Waals surface area contributed by atoms with Gasteiger partial charge in [-0.05, 0) is 37.1 Å². The number of rotatable bonds is 9. The fourth-order valence-electron chi connectivity index (χ4n) is 5.12. The van der Waals surface area contributed by atoms with E-state index < -0.39 is 8.07 Å². The van der Waals surface area contributed by atoms with Crippen molar-refractivity contribution in [1.29, 1.82) is 0 Å². The molecule has 39 heavy (non-hydrogen) atoms. The molecule has 0 bridgehead atoms. The van der Waals surface area contributed by atoms with E-state index in [9.17, 15) is 4.79 Å². The summed E-state index contributed by atoms with van der Waals surface area (Å²) in [4.78, 5) is 23.3. The van der Waals surface area contributed by atoms with E-state index in [0.717, 1.165) is 48.4 Å². The van der Waals surface area contributed by atoms with Crippen LogP contribution in [0.4, 0.5) is 0 Å². The molecule has 0 saturated heterocycles. The molecule has 0 spiro atoms. The molecule has 1 saturated carbocycles. The van der Waals surface area contributed by atoms with Crippen molar-refractivity contribution in [3.8, 4) is 17.1 Å². The predicted octanol–water partition coefficient (Wildman–Crippen LogP) is 4.31. The third-order valence-corrected chi connectivity index (χ3v) is 9.18. The molecule has 1 aliphatic carbocycles. The molecule has 11 heteroatoms. The van der Waals surface area contributed by atoms with Crippen LogP contribution in [0.5, 0.6) is 5.75 Å². The Morgan fingerprint density at radius 3 is 2.77 bits per heavy atom. The second-order valence-electron chi connectivity index (χ2n) is 11.7. The molecule has 0 radical (unpaired) electrons. The molecule has 1 amide bonds. The number of nitrogens with two attached hydrogens (primary N) is 1. The van der Waals surface area contributed by atoms with Crippen molar-refractivity contribution in [2.75, 3.05) is 13.7 Å². The normalized spacial score (nSPS) is 18.1. The van der Waals surface area contributed by atoms with Crippen LogP contribution < -0.4 is 15.8 Å². The second-order valence-corrected chi connectivity index (χ2v) is 17.3. The van der Waals surface area contributed by atoms with Crippen LogP contribution in [-0.2, 0) is 18.5 Å². The zero-order valence-corrected chi connectivity index (χ0v) is 24.5. The van der Waals surface area contributed by atoms with Gasteiger partial charge in [0.2, 0.25) is 0 Å². The third-order valence-electron chi connectivity index (χ3n) is 7.47. The molecule has 10 nitrogen and oxygen atoms in total. The maximum Gasteiger partial charge on any atom is 0.255 e. The summed E-state index contributed by atoms with van der Waals surface area (Å²) in [5, 5.41) is 8.80. The molecule has 1 aliphatic rings. The average molecular weight is 550 g/mol. The van der Waals surface area contributed by atoms with Gasteiger partial charge in [0.1, 0.15) is 29.4 Å². The third kappa shape index (κ3) is 5.85. The van der Waals surface area contributed by atoms with Gasteiger partial charge in [-0.1, -0.05) is 32.5 Å². The first-order valence-electron chi connectivity index (χ1n) is 13.7. The molecule has 3 aromatic heterocycles. The number of nitrogens with one attached hydrogen (secondary N) is 1. The lowest BCUT2D eigenvalue weighted by atomic mass is 9.91. The number of ether oxygens (including phenoxy) is 2. The van der Waals surface area contributed by atoms with Crippen molar-refractivity contribution < 1.29 is 14.3 Å². The van der Waals surface area contributed by atoms with Crippen molar-refractivity contribution in [2.45, 2.75) is 70.2 Å². The summed E-state index contributed by atoms with van der Waals surface area (Å²) in [6.07, 6.45) is 7.46. The lowest BCUT2D eigenvalue weighted by molar-refractivity contribution is 0.0886. The minimum absolute atomic E-state index is 0.0440. The molecule has 5 rings (SSSR count). The number of nitrogens with zero attached hydrogens (tertiary/aromatic N) is 5. The van der Waals surface area contributed by atoms with Crippen molar-refractivity contribution in [3.63, 3.8) is 0 Å². The second kappa shape index (κ2) is 11.1. The lowest BCUT2D eigenvalue weighted by Gasteiger charge is -2.29. The molecule has 0 unspecified atom stereocenters. The van der Waals surface area contributed by atoms with Gasteiger partial charge in [0.05, 0.1) is 24.4 Å². The van der Waals surface area contributed by atoms with Gasteiger partial charge < -0.3 is 25.1 Å². The van der Waals surface area contributed by atoms with Crippen molar-refractivity contribution in [1.82, 2.24) is 29.6 Å². The van der Waals surface area contributed by atoms with Gasteiger partial charge in [-0.2, -0.15) is 5.10 Å². The van der Waals surface area contributed by atoms with Crippen molar-refractivity contribution >= 4 is 36.0 Å². The van der Waals surface area contributed by atoms with E-state index in [2.05, 4.69) is 25.0 Å². The molecule has 1 fully saturated rings. The van der Waals surface area contributed by atoms with Crippen LogP contribution in [0.3, 0.4) is 0 Å². The molecule has 1 aromatic carbocycles. The number of benzene rings is 1. The fourth-order valence-corrected chi connectivity index (χ4v) is 5.87. The minimum atomic E-state index is -1.22. The molecular formula is C28H39N7O3Si. The van der Waals surface area contributed by atoms with Crippen LogP contribution in [0.15, 0.2) is 30.6 Å². The van der Waals surface area contributed by atoms with Gasteiger partial charge in [0.25, 0.3) is 5.91 Å². The van der Waals surface area contributed by atoms with Crippen LogP contribution in [0, 0.1) is 0 Å². The Labute approximate surface area is 229 Å². The van der Waals surface area contributed by atoms with Crippen LogP contribution in [0.25, 0.3) is 33.5 Å². The Kier molecular flexibility index (Phi) is 7.74. The molecule has 4 aromatic rings. The number of methoxy groups -OCH3 is 1. The highest BCUT2D eigenvalue weighted by Gasteiger charge is 2.27. The smallest absolute Gasteiger partial charge is 0.255 e. The van der Waals surface area contributed by atoms with Crippen molar-refractivity contribution in [3.05, 3.63) is 36.2 Å². The van der Waals surface area contributed by atoms with Gasteiger partial charge in [-0.15, -0.1) is 0 Å². The maximum absolute atomic E-state index is 13.6. The first kappa shape index (κ1) is 27.3. The van der Waals surface area contributed by atoms with E-state index in [1.54, 1.807) is 19.5 Å². The predicted molar refractivity (Wildman–Crippen MR) is 156 cm³/mol. The standard InChI is InChI=1S/C28H39N7O3Si/c1-34-24-11-10-18(37-2)14-19(24)25(33-34)23-15-30-27-26(31-23)20(16-35(27)17-38-12-13-39(3,4)5)28(36)32-22-9-7-6-8-21(22)29/h10-11,14-16,21-22H,6-9,12-13,17,29H2,1-5H3,(H,32,36)/t21-,22+/m0/s1. The van der Waals surface area contributed by atoms with E-state index in [4.69, 9.17) is 30.3 Å². The van der Waals surface area contributed by atoms with Crippen LogP contribution in [-0.4, -0.2) is 64.1 Å². The molecule has 0 aliphatic heterocycles. The molecule has 3 N–H and O–H groups in total. The number of aromatic nitrogens is 5. The summed E-state index contributed by atoms with van der Waals surface area (Å²) in [7, 11) is 2.31. The maximum atomic E-state index is 13.6. The van der Waals surface area contributed by atoms with Gasteiger partial charge in [-0.3, -0.25) is 9.48 Å². The van der Waals surface area contributed by atoms with Gasteiger partial charge >= 0.3 is 0 Å². The Hall–Kier alpha value is -3.28. The van der Waals surface area contributed by atoms with Crippen LogP contribution in [0.2, 0.25) is 25.7 Å². The number of amides is 1. The Bertz CT molecular complexity index is 1490. The Morgan fingerprint density at radius 2 is 2.03 bits per heavy atom. The van der Waals surface area contributed by atoms with Gasteiger partial charge in [0.15, 0.2) is 5.65 Å². The minimum Gasteiger partial charge on any atom is -0.497 e. The number of aryl methyl sites for hydroxylation is 1. The number of hydrogen-bond donors (Lipinski definition) is 2. The monoisotopic (exact) mass is 549 g/mol. The largest absolute Gasteiger partial charge is 0.497 e. The summed E-state index contributed by atoms with van der Waals surface area (Å²) in [6, 6.07) is 6.78. The van der Waals surface area contributed by atoms with E-state index in [1.807, 2.05) is 34.5 Å². The van der Waals surface area contributed by atoms with E-state index in [0.29, 0.717) is 41.5 Å². The zero-order chi connectivity index (χ0) is 27.7. The highest BCUT2D eigenvalue weighted by atomic mass is 28.3. The summed E-state index contributed by atoms with van der Waals surface area (Å²) >= 11 is 0. The highest BCUT2D eigenvalue weighted by Crippen LogP contribution is 2.31. The average Bonchev–Trinajstić information content (AvgIpc) is 3.44. The summed E-state index contributed by atoms with van der Waals surface area (Å²) in [5.74, 6) is 0.540. The SMILES string of the molecule is COc1ccc2c(c1)c(-c1cnc3c(n1)c(C(=O)N[C@@H]1CCCC[C@@H]1N)cn3COCC[Si](C)(C)C)nn2C. The first-order valence-corrected chi connectivity index (χ1v) is 17.4. The first-order chi connectivity index (χ1) is 18.6. The summed E-state index contributed by atoms with van der Waals surface area (Å²) in [6.45, 7) is 7.94. The summed E-state index contributed by atoms with van der Waals surface area (Å²) < 4.78 is 15.1. The Balaban J connectivity index is 1.53.